The molecule has 0 bridgehead atoms. The monoisotopic (exact) mass is 150 g/mol. The van der Waals surface area contributed by atoms with Crippen molar-refractivity contribution in [3.63, 3.8) is 0 Å². The quantitative estimate of drug-likeness (QED) is 0.602. The van der Waals surface area contributed by atoms with Gasteiger partial charge >= 0.3 is 0 Å². The molecule has 1 nitrogen and oxygen atoms in total. The van der Waals surface area contributed by atoms with E-state index in [1.807, 2.05) is 13.8 Å². The minimum absolute atomic E-state index is 0.245. The van der Waals surface area contributed by atoms with Crippen LogP contribution in [0, 0.1) is 0 Å². The zero-order chi connectivity index (χ0) is 6.41. The van der Waals surface area contributed by atoms with Gasteiger partial charge in [-0.25, -0.2) is 0 Å². The minimum Gasteiger partial charge on any atom is -0.274 e. The fourth-order valence-electron chi connectivity index (χ4n) is 0.277. The Hall–Kier alpha value is 0.370. The van der Waals surface area contributed by atoms with E-state index in [9.17, 15) is 4.79 Å². The van der Waals surface area contributed by atoms with Crippen molar-refractivity contribution < 1.29 is 4.79 Å². The van der Waals surface area contributed by atoms with Crippen LogP contribution in [0.2, 0.25) is 0 Å². The number of hydrogen-bond donors (Lipinski definition) is 0. The highest BCUT2D eigenvalue weighted by Gasteiger charge is 1.96. The molecule has 8 heavy (non-hydrogen) atoms. The van der Waals surface area contributed by atoms with Crippen LogP contribution in [0.4, 0.5) is 4.79 Å². The van der Waals surface area contributed by atoms with E-state index >= 15 is 0 Å². The molecule has 0 aliphatic rings. The lowest BCUT2D eigenvalue weighted by Crippen LogP contribution is -1.80. The molecule has 0 atom stereocenters. The molecule has 0 amide bonds. The minimum atomic E-state index is 0.245. The molecule has 0 aromatic carbocycles. The first-order valence-corrected chi connectivity index (χ1v) is 4.58. The van der Waals surface area contributed by atoms with Gasteiger partial charge in [0.2, 0.25) is 4.45 Å². The molecule has 0 saturated heterocycles. The summed E-state index contributed by atoms with van der Waals surface area (Å²) in [6.45, 7) is 3.97. The summed E-state index contributed by atoms with van der Waals surface area (Å²) in [6.07, 6.45) is 0. The molecule has 0 fully saturated rings. The lowest BCUT2D eigenvalue weighted by molar-refractivity contribution is 0.276. The molecule has 48 valence electrons. The van der Waals surface area contributed by atoms with Crippen LogP contribution >= 0.6 is 23.5 Å². The van der Waals surface area contributed by atoms with Crippen LogP contribution in [0.25, 0.3) is 0 Å². The summed E-state index contributed by atoms with van der Waals surface area (Å²) in [5, 5.41) is 0. The Labute approximate surface area is 58.6 Å². The fourth-order valence-corrected chi connectivity index (χ4v) is 1.79. The molecule has 0 N–H and O–H groups in total. The Morgan fingerprint density at radius 1 is 1.25 bits per heavy atom. The molecule has 0 unspecified atom stereocenters. The van der Waals surface area contributed by atoms with Crippen LogP contribution in [-0.2, 0) is 0 Å². The van der Waals surface area contributed by atoms with E-state index < -0.39 is 0 Å². The Morgan fingerprint density at radius 2 is 1.62 bits per heavy atom. The van der Waals surface area contributed by atoms with Gasteiger partial charge in [-0.3, -0.25) is 4.79 Å². The number of carbonyl (C=O) groups excluding carboxylic acids is 1. The largest absolute Gasteiger partial charge is 0.274 e. The lowest BCUT2D eigenvalue weighted by Gasteiger charge is -1.90. The number of carbonyl (C=O) groups is 1. The Balaban J connectivity index is 3.06. The second kappa shape index (κ2) is 5.51. The summed E-state index contributed by atoms with van der Waals surface area (Å²) < 4.78 is 0.245. The fraction of sp³-hybridized carbons (Fsp3) is 0.800. The van der Waals surface area contributed by atoms with Crippen LogP contribution in [0.1, 0.15) is 13.8 Å². The van der Waals surface area contributed by atoms with Gasteiger partial charge in [-0.15, -0.1) is 0 Å². The standard InChI is InChI=1S/C5H10OS2/c1-3-7-5(6)8-4-2/h3-4H2,1-2H3. The maximum atomic E-state index is 10.6. The highest BCUT2D eigenvalue weighted by atomic mass is 32.2. The van der Waals surface area contributed by atoms with Gasteiger partial charge in [0.05, 0.1) is 0 Å². The van der Waals surface area contributed by atoms with Crippen molar-refractivity contribution in [1.82, 2.24) is 0 Å². The smallest absolute Gasteiger partial charge is 0.246 e. The van der Waals surface area contributed by atoms with Crippen molar-refractivity contribution in [1.29, 1.82) is 0 Å². The van der Waals surface area contributed by atoms with Crippen molar-refractivity contribution >= 4 is 28.0 Å². The van der Waals surface area contributed by atoms with E-state index in [1.165, 1.54) is 23.5 Å². The molecule has 0 aromatic rings. The van der Waals surface area contributed by atoms with Crippen molar-refractivity contribution in [3.05, 3.63) is 0 Å². The topological polar surface area (TPSA) is 17.1 Å². The van der Waals surface area contributed by atoms with E-state index in [-0.39, 0.29) is 4.45 Å². The van der Waals surface area contributed by atoms with E-state index in [2.05, 4.69) is 0 Å². The molecule has 0 heterocycles. The van der Waals surface area contributed by atoms with Crippen LogP contribution in [-0.4, -0.2) is 16.0 Å². The summed E-state index contributed by atoms with van der Waals surface area (Å²) in [7, 11) is 0. The van der Waals surface area contributed by atoms with Gasteiger partial charge in [0.1, 0.15) is 0 Å². The molecular weight excluding hydrogens is 140 g/mol. The highest BCUT2D eigenvalue weighted by Crippen LogP contribution is 2.14. The van der Waals surface area contributed by atoms with E-state index in [0.29, 0.717) is 0 Å². The zero-order valence-electron chi connectivity index (χ0n) is 5.14. The van der Waals surface area contributed by atoms with Gasteiger partial charge < -0.3 is 0 Å². The zero-order valence-corrected chi connectivity index (χ0v) is 6.77. The molecule has 0 rings (SSSR count). The molecule has 0 spiro atoms. The van der Waals surface area contributed by atoms with Crippen molar-refractivity contribution in [2.24, 2.45) is 0 Å². The van der Waals surface area contributed by atoms with Crippen LogP contribution in [0.3, 0.4) is 0 Å². The number of rotatable bonds is 2. The van der Waals surface area contributed by atoms with E-state index in [0.717, 1.165) is 11.5 Å². The number of hydrogen-bond acceptors (Lipinski definition) is 3. The molecule has 0 aliphatic heterocycles. The van der Waals surface area contributed by atoms with Gasteiger partial charge in [-0.2, -0.15) is 0 Å². The third-order valence-electron chi connectivity index (χ3n) is 0.524. The number of thioether (sulfide) groups is 2. The van der Waals surface area contributed by atoms with Crippen LogP contribution in [0.5, 0.6) is 0 Å². The summed E-state index contributed by atoms with van der Waals surface area (Å²) in [5.41, 5.74) is 0. The third kappa shape index (κ3) is 4.53. The molecule has 0 radical (unpaired) electrons. The van der Waals surface area contributed by atoms with Crippen LogP contribution in [0.15, 0.2) is 0 Å². The normalized spacial score (nSPS) is 9.25. The molecule has 0 saturated carbocycles. The molecular formula is C5H10OS2. The predicted molar refractivity (Wildman–Crippen MR) is 41.7 cm³/mol. The SMILES string of the molecule is CCSC(=O)SCC. The Bertz CT molecular complexity index is 64.8. The lowest BCUT2D eigenvalue weighted by atomic mass is 11.0. The van der Waals surface area contributed by atoms with Crippen molar-refractivity contribution in [2.75, 3.05) is 11.5 Å². The van der Waals surface area contributed by atoms with Crippen molar-refractivity contribution in [3.8, 4) is 0 Å². The summed E-state index contributed by atoms with van der Waals surface area (Å²) in [6, 6.07) is 0. The first-order chi connectivity index (χ1) is 3.81. The maximum absolute atomic E-state index is 10.6. The molecule has 0 aliphatic carbocycles. The second-order valence-electron chi connectivity index (χ2n) is 1.12. The van der Waals surface area contributed by atoms with Gasteiger partial charge in [0.15, 0.2) is 0 Å². The predicted octanol–water partition coefficient (Wildman–Crippen LogP) is 2.61. The van der Waals surface area contributed by atoms with Gasteiger partial charge in [-0.1, -0.05) is 37.4 Å². The van der Waals surface area contributed by atoms with Gasteiger partial charge in [-0.05, 0) is 11.5 Å². The molecule has 3 heteroatoms. The summed E-state index contributed by atoms with van der Waals surface area (Å²) in [5.74, 6) is 1.79. The average molecular weight is 150 g/mol. The molecule has 0 aromatic heterocycles. The summed E-state index contributed by atoms with van der Waals surface area (Å²) in [4.78, 5) is 10.6. The van der Waals surface area contributed by atoms with Gasteiger partial charge in [0, 0.05) is 0 Å². The van der Waals surface area contributed by atoms with Crippen LogP contribution < -0.4 is 0 Å². The first-order valence-electron chi connectivity index (χ1n) is 2.60. The maximum Gasteiger partial charge on any atom is 0.246 e. The van der Waals surface area contributed by atoms with E-state index in [4.69, 9.17) is 0 Å². The van der Waals surface area contributed by atoms with Gasteiger partial charge in [0.25, 0.3) is 0 Å². The highest BCUT2D eigenvalue weighted by molar-refractivity contribution is 8.38. The average Bonchev–Trinajstić information content (AvgIpc) is 1.68. The summed E-state index contributed by atoms with van der Waals surface area (Å²) >= 11 is 2.76. The van der Waals surface area contributed by atoms with Crippen molar-refractivity contribution in [2.45, 2.75) is 13.8 Å². The van der Waals surface area contributed by atoms with E-state index in [1.54, 1.807) is 0 Å². The third-order valence-corrected chi connectivity index (χ3v) is 2.28. The Kier molecular flexibility index (Phi) is 5.76. The first kappa shape index (κ1) is 8.37. The second-order valence-corrected chi connectivity index (χ2v) is 3.85. The Morgan fingerprint density at radius 3 is 1.88 bits per heavy atom.